The van der Waals surface area contributed by atoms with Crippen LogP contribution in [-0.2, 0) is 0 Å². The van der Waals surface area contributed by atoms with Crippen molar-refractivity contribution in [2.24, 2.45) is 0 Å². The predicted molar refractivity (Wildman–Crippen MR) is 86.2 cm³/mol. The zero-order valence-electron chi connectivity index (χ0n) is 12.6. The molecule has 116 valence electrons. The van der Waals surface area contributed by atoms with Gasteiger partial charge in [0.2, 0.25) is 0 Å². The molecule has 1 aromatic heterocycles. The molecule has 0 radical (unpaired) electrons. The summed E-state index contributed by atoms with van der Waals surface area (Å²) in [7, 11) is 3.52. The van der Waals surface area contributed by atoms with Crippen molar-refractivity contribution in [3.8, 4) is 0 Å². The summed E-state index contributed by atoms with van der Waals surface area (Å²) in [5, 5.41) is 10.8. The van der Waals surface area contributed by atoms with E-state index < -0.39 is 0 Å². The number of nitrogens with zero attached hydrogens (tertiary/aromatic N) is 2. The Hall–Kier alpha value is -1.27. The van der Waals surface area contributed by atoms with Crippen LogP contribution in [-0.4, -0.2) is 49.2 Å². The first-order valence-corrected chi connectivity index (χ1v) is 8.37. The zero-order valence-corrected chi connectivity index (χ0v) is 13.4. The Morgan fingerprint density at radius 1 is 1.29 bits per heavy atom. The van der Waals surface area contributed by atoms with Crippen molar-refractivity contribution in [3.05, 3.63) is 10.4 Å². The van der Waals surface area contributed by atoms with E-state index in [1.54, 1.807) is 19.0 Å². The summed E-state index contributed by atoms with van der Waals surface area (Å²) in [5.74, 6) is 0.509. The largest absolute Gasteiger partial charge is 0.397 e. The SMILES string of the molecule is CN(C)C(=O)c1sc(N2CCC(O)CC2)c(C2CC2)c1N. The van der Waals surface area contributed by atoms with Gasteiger partial charge in [0.25, 0.3) is 5.91 Å². The molecule has 1 saturated heterocycles. The minimum Gasteiger partial charge on any atom is -0.397 e. The van der Waals surface area contributed by atoms with E-state index in [0.717, 1.165) is 30.9 Å². The number of nitrogen functional groups attached to an aromatic ring is 1. The van der Waals surface area contributed by atoms with E-state index in [9.17, 15) is 9.90 Å². The molecule has 21 heavy (non-hydrogen) atoms. The molecular formula is C15H23N3O2S. The van der Waals surface area contributed by atoms with Gasteiger partial charge in [-0.1, -0.05) is 0 Å². The molecule has 1 aliphatic carbocycles. The van der Waals surface area contributed by atoms with Crippen LogP contribution in [0.3, 0.4) is 0 Å². The average Bonchev–Trinajstić information content (AvgIpc) is 3.22. The van der Waals surface area contributed by atoms with Crippen molar-refractivity contribution in [1.29, 1.82) is 0 Å². The fraction of sp³-hybridized carbons (Fsp3) is 0.667. The van der Waals surface area contributed by atoms with Crippen molar-refractivity contribution in [2.75, 3.05) is 37.8 Å². The minimum absolute atomic E-state index is 0.0114. The number of amides is 1. The maximum absolute atomic E-state index is 12.3. The number of nitrogens with two attached hydrogens (primary N) is 1. The molecular weight excluding hydrogens is 286 g/mol. The van der Waals surface area contributed by atoms with Gasteiger partial charge in [0.1, 0.15) is 4.88 Å². The number of rotatable bonds is 3. The maximum atomic E-state index is 12.3. The standard InChI is InChI=1S/C15H23N3O2S/c1-17(2)14(20)13-12(16)11(9-3-4-9)15(21-13)18-7-5-10(19)6-8-18/h9-10,19H,3-8,16H2,1-2H3. The lowest BCUT2D eigenvalue weighted by Gasteiger charge is -2.31. The second-order valence-electron chi connectivity index (χ2n) is 6.26. The molecule has 3 rings (SSSR count). The highest BCUT2D eigenvalue weighted by Crippen LogP contribution is 2.52. The van der Waals surface area contributed by atoms with Crippen molar-refractivity contribution >= 4 is 27.9 Å². The average molecular weight is 309 g/mol. The Morgan fingerprint density at radius 3 is 2.43 bits per heavy atom. The third-order valence-corrected chi connectivity index (χ3v) is 5.57. The highest BCUT2D eigenvalue weighted by molar-refractivity contribution is 7.18. The molecule has 0 unspecified atom stereocenters. The topological polar surface area (TPSA) is 69.8 Å². The first-order chi connectivity index (χ1) is 9.99. The summed E-state index contributed by atoms with van der Waals surface area (Å²) >= 11 is 1.53. The van der Waals surface area contributed by atoms with Crippen LogP contribution in [0.4, 0.5) is 10.7 Å². The van der Waals surface area contributed by atoms with E-state index in [0.29, 0.717) is 16.5 Å². The lowest BCUT2D eigenvalue weighted by molar-refractivity contribution is 0.0833. The Bertz CT molecular complexity index is 543. The summed E-state index contributed by atoms with van der Waals surface area (Å²) in [6, 6.07) is 0. The molecule has 2 heterocycles. The van der Waals surface area contributed by atoms with Crippen LogP contribution in [0.15, 0.2) is 0 Å². The third kappa shape index (κ3) is 2.74. The Kier molecular flexibility index (Phi) is 3.84. The Morgan fingerprint density at radius 2 is 1.90 bits per heavy atom. The molecule has 0 spiro atoms. The highest BCUT2D eigenvalue weighted by Gasteiger charge is 2.35. The van der Waals surface area contributed by atoms with E-state index in [2.05, 4.69) is 4.90 Å². The van der Waals surface area contributed by atoms with Gasteiger partial charge in [-0.2, -0.15) is 0 Å². The van der Waals surface area contributed by atoms with Gasteiger partial charge in [0, 0.05) is 32.7 Å². The number of aliphatic hydroxyl groups is 1. The molecule has 0 bridgehead atoms. The quantitative estimate of drug-likeness (QED) is 0.894. The first kappa shape index (κ1) is 14.7. The molecule has 2 fully saturated rings. The van der Waals surface area contributed by atoms with Crippen LogP contribution in [0.5, 0.6) is 0 Å². The van der Waals surface area contributed by atoms with E-state index >= 15 is 0 Å². The third-order valence-electron chi connectivity index (χ3n) is 4.30. The molecule has 1 aromatic rings. The van der Waals surface area contributed by atoms with Crippen LogP contribution < -0.4 is 10.6 Å². The molecule has 3 N–H and O–H groups in total. The van der Waals surface area contributed by atoms with Gasteiger partial charge in [0.05, 0.1) is 16.8 Å². The van der Waals surface area contributed by atoms with Crippen LogP contribution in [0, 0.1) is 0 Å². The van der Waals surface area contributed by atoms with Crippen LogP contribution in [0.2, 0.25) is 0 Å². The summed E-state index contributed by atoms with van der Waals surface area (Å²) in [5.41, 5.74) is 8.17. The monoisotopic (exact) mass is 309 g/mol. The van der Waals surface area contributed by atoms with Gasteiger partial charge in [-0.3, -0.25) is 4.79 Å². The normalized spacial score (nSPS) is 19.9. The Balaban J connectivity index is 1.95. The van der Waals surface area contributed by atoms with E-state index in [1.807, 2.05) is 0 Å². The smallest absolute Gasteiger partial charge is 0.265 e. The van der Waals surface area contributed by atoms with Crippen LogP contribution >= 0.6 is 11.3 Å². The number of hydrogen-bond donors (Lipinski definition) is 2. The van der Waals surface area contributed by atoms with Gasteiger partial charge in [-0.25, -0.2) is 0 Å². The van der Waals surface area contributed by atoms with E-state index in [4.69, 9.17) is 5.73 Å². The van der Waals surface area contributed by atoms with Crippen molar-refractivity contribution in [1.82, 2.24) is 4.90 Å². The molecule has 2 aliphatic rings. The van der Waals surface area contributed by atoms with Gasteiger partial charge in [-0.05, 0) is 31.6 Å². The lowest BCUT2D eigenvalue weighted by Crippen LogP contribution is -2.35. The van der Waals surface area contributed by atoms with Crippen LogP contribution in [0.1, 0.15) is 46.8 Å². The summed E-state index contributed by atoms with van der Waals surface area (Å²) in [4.78, 5) is 16.9. The van der Waals surface area contributed by atoms with Gasteiger partial charge >= 0.3 is 0 Å². The zero-order chi connectivity index (χ0) is 15.1. The lowest BCUT2D eigenvalue weighted by atomic mass is 10.1. The molecule has 5 nitrogen and oxygen atoms in total. The van der Waals surface area contributed by atoms with E-state index in [1.165, 1.54) is 29.7 Å². The molecule has 6 heteroatoms. The molecule has 0 aromatic carbocycles. The number of carbonyl (C=O) groups excluding carboxylic acids is 1. The second kappa shape index (κ2) is 5.50. The number of aliphatic hydroxyl groups excluding tert-OH is 1. The van der Waals surface area contributed by atoms with Crippen molar-refractivity contribution < 1.29 is 9.90 Å². The molecule has 0 atom stereocenters. The van der Waals surface area contributed by atoms with Crippen molar-refractivity contribution in [3.63, 3.8) is 0 Å². The molecule has 1 amide bonds. The minimum atomic E-state index is -0.189. The highest BCUT2D eigenvalue weighted by atomic mass is 32.1. The number of piperidine rings is 1. The number of carbonyl (C=O) groups is 1. The van der Waals surface area contributed by atoms with Gasteiger partial charge < -0.3 is 20.6 Å². The Labute approximate surface area is 129 Å². The van der Waals surface area contributed by atoms with E-state index in [-0.39, 0.29) is 12.0 Å². The maximum Gasteiger partial charge on any atom is 0.265 e. The molecule has 1 saturated carbocycles. The molecule has 1 aliphatic heterocycles. The van der Waals surface area contributed by atoms with Gasteiger partial charge in [-0.15, -0.1) is 11.3 Å². The van der Waals surface area contributed by atoms with Gasteiger partial charge in [0.15, 0.2) is 0 Å². The predicted octanol–water partition coefficient (Wildman–Crippen LogP) is 1.87. The second-order valence-corrected chi connectivity index (χ2v) is 7.25. The summed E-state index contributed by atoms with van der Waals surface area (Å²) in [6.45, 7) is 1.69. The number of anilines is 2. The first-order valence-electron chi connectivity index (χ1n) is 7.56. The number of hydrogen-bond acceptors (Lipinski definition) is 5. The fourth-order valence-electron chi connectivity index (χ4n) is 2.88. The summed E-state index contributed by atoms with van der Waals surface area (Å²) < 4.78 is 0. The van der Waals surface area contributed by atoms with Crippen LogP contribution in [0.25, 0.3) is 0 Å². The van der Waals surface area contributed by atoms with Crippen molar-refractivity contribution in [2.45, 2.75) is 37.7 Å². The number of thiophene rings is 1. The fourth-order valence-corrected chi connectivity index (χ4v) is 4.26. The summed E-state index contributed by atoms with van der Waals surface area (Å²) in [6.07, 6.45) is 3.73.